The molecule has 0 saturated heterocycles. The van der Waals surface area contributed by atoms with E-state index in [1.165, 1.54) is 6.92 Å². The van der Waals surface area contributed by atoms with Gasteiger partial charge in [0.05, 0.1) is 7.11 Å². The summed E-state index contributed by atoms with van der Waals surface area (Å²) in [5.74, 6) is 1.56. The predicted octanol–water partition coefficient (Wildman–Crippen LogP) is 3.48. The zero-order valence-corrected chi connectivity index (χ0v) is 18.5. The van der Waals surface area contributed by atoms with Gasteiger partial charge in [0.1, 0.15) is 5.75 Å². The average Bonchev–Trinajstić information content (AvgIpc) is 2.62. The first kappa shape index (κ1) is 22.8. The number of benzene rings is 2. The topological polar surface area (TPSA) is 66.0 Å². The molecular formula is C20H27IN4O2. The summed E-state index contributed by atoms with van der Waals surface area (Å²) in [5.41, 5.74) is 2.94. The molecule has 2 rings (SSSR count). The summed E-state index contributed by atoms with van der Waals surface area (Å²) in [6, 6.07) is 15.7. The van der Waals surface area contributed by atoms with E-state index in [0.29, 0.717) is 13.1 Å². The van der Waals surface area contributed by atoms with Gasteiger partial charge in [-0.25, -0.2) is 0 Å². The van der Waals surface area contributed by atoms with Crippen molar-refractivity contribution in [1.82, 2.24) is 10.2 Å². The summed E-state index contributed by atoms with van der Waals surface area (Å²) in [5, 5.41) is 6.14. The summed E-state index contributed by atoms with van der Waals surface area (Å²) >= 11 is 0. The Balaban J connectivity index is 0.00000364. The number of guanidine groups is 1. The fourth-order valence-electron chi connectivity index (χ4n) is 2.69. The number of methoxy groups -OCH3 is 1. The number of nitrogens with zero attached hydrogens (tertiary/aromatic N) is 2. The van der Waals surface area contributed by atoms with Gasteiger partial charge in [0.25, 0.3) is 0 Å². The molecule has 0 atom stereocenters. The second-order valence-corrected chi connectivity index (χ2v) is 5.95. The normalized spacial score (nSPS) is 10.6. The van der Waals surface area contributed by atoms with Crippen molar-refractivity contribution in [3.8, 4) is 5.75 Å². The second kappa shape index (κ2) is 11.4. The van der Waals surface area contributed by atoms with Crippen molar-refractivity contribution in [3.05, 3.63) is 59.7 Å². The second-order valence-electron chi connectivity index (χ2n) is 5.95. The Morgan fingerprint density at radius 1 is 1.19 bits per heavy atom. The van der Waals surface area contributed by atoms with E-state index in [9.17, 15) is 4.79 Å². The zero-order chi connectivity index (χ0) is 18.9. The molecule has 0 aliphatic heterocycles. The Morgan fingerprint density at radius 2 is 1.93 bits per heavy atom. The molecule has 2 aromatic carbocycles. The van der Waals surface area contributed by atoms with Crippen LogP contribution in [-0.4, -0.2) is 38.0 Å². The Hall–Kier alpha value is -2.29. The molecule has 0 aliphatic rings. The average molecular weight is 482 g/mol. The highest BCUT2D eigenvalue weighted by Crippen LogP contribution is 2.18. The third-order valence-electron chi connectivity index (χ3n) is 3.87. The maximum atomic E-state index is 11.2. The molecule has 0 saturated carbocycles. The lowest BCUT2D eigenvalue weighted by atomic mass is 10.2. The molecule has 146 valence electrons. The minimum Gasteiger partial charge on any atom is -0.496 e. The van der Waals surface area contributed by atoms with E-state index in [4.69, 9.17) is 4.74 Å². The number of para-hydroxylation sites is 1. The van der Waals surface area contributed by atoms with Gasteiger partial charge in [0.15, 0.2) is 5.96 Å². The molecule has 0 bridgehead atoms. The van der Waals surface area contributed by atoms with Gasteiger partial charge in [-0.3, -0.25) is 9.79 Å². The largest absolute Gasteiger partial charge is 0.496 e. The maximum Gasteiger partial charge on any atom is 0.221 e. The number of amides is 1. The molecule has 2 aromatic rings. The minimum absolute atomic E-state index is 0. The van der Waals surface area contributed by atoms with Crippen molar-refractivity contribution in [2.75, 3.05) is 26.5 Å². The first-order chi connectivity index (χ1) is 12.5. The van der Waals surface area contributed by atoms with Crippen LogP contribution < -0.4 is 15.4 Å². The first-order valence-corrected chi connectivity index (χ1v) is 8.43. The van der Waals surface area contributed by atoms with Gasteiger partial charge in [0, 0.05) is 45.4 Å². The Labute approximate surface area is 178 Å². The number of anilines is 1. The number of nitrogens with one attached hydrogen (secondary N) is 2. The van der Waals surface area contributed by atoms with Crippen LogP contribution in [-0.2, 0) is 17.9 Å². The zero-order valence-electron chi connectivity index (χ0n) is 16.2. The molecule has 1 amide bonds. The van der Waals surface area contributed by atoms with Crippen molar-refractivity contribution in [1.29, 1.82) is 0 Å². The molecule has 6 nitrogen and oxygen atoms in total. The number of rotatable bonds is 6. The number of ether oxygens (including phenoxy) is 1. The lowest BCUT2D eigenvalue weighted by molar-refractivity contribution is -0.114. The van der Waals surface area contributed by atoms with E-state index in [2.05, 4.69) is 15.6 Å². The Morgan fingerprint density at radius 3 is 2.59 bits per heavy atom. The summed E-state index contributed by atoms with van der Waals surface area (Å²) in [6.07, 6.45) is 0. The number of carbonyl (C=O) groups excluding carboxylic acids is 1. The van der Waals surface area contributed by atoms with Gasteiger partial charge in [0.2, 0.25) is 5.91 Å². The van der Waals surface area contributed by atoms with Gasteiger partial charge in [-0.2, -0.15) is 0 Å². The SMILES string of the molecule is CN=C(NCc1cccc(NC(C)=O)c1)N(C)Cc1ccccc1OC.I. The molecule has 0 heterocycles. The van der Waals surface area contributed by atoms with Crippen LogP contribution in [0.5, 0.6) is 5.75 Å². The first-order valence-electron chi connectivity index (χ1n) is 8.43. The van der Waals surface area contributed by atoms with Crippen LogP contribution in [0, 0.1) is 0 Å². The lowest BCUT2D eigenvalue weighted by Gasteiger charge is -2.23. The molecule has 0 aliphatic carbocycles. The standard InChI is InChI=1S/C20H26N4O2.HI/c1-15(25)23-18-10-7-8-16(12-18)13-22-20(21-2)24(3)14-17-9-5-6-11-19(17)26-4;/h5-12H,13-14H2,1-4H3,(H,21,22)(H,23,25);1H. The van der Waals surface area contributed by atoms with Gasteiger partial charge >= 0.3 is 0 Å². The van der Waals surface area contributed by atoms with Crippen LogP contribution in [0.2, 0.25) is 0 Å². The number of aliphatic imine (C=N–C) groups is 1. The molecule has 0 unspecified atom stereocenters. The molecule has 0 radical (unpaired) electrons. The van der Waals surface area contributed by atoms with E-state index >= 15 is 0 Å². The molecule has 2 N–H and O–H groups in total. The van der Waals surface area contributed by atoms with Crippen molar-refractivity contribution in [2.24, 2.45) is 4.99 Å². The maximum absolute atomic E-state index is 11.2. The van der Waals surface area contributed by atoms with E-state index in [1.54, 1.807) is 14.2 Å². The summed E-state index contributed by atoms with van der Waals surface area (Å²) in [6.45, 7) is 2.78. The fourth-order valence-corrected chi connectivity index (χ4v) is 2.69. The Bertz CT molecular complexity index is 780. The van der Waals surface area contributed by atoms with Gasteiger partial charge < -0.3 is 20.3 Å². The van der Waals surface area contributed by atoms with Crippen LogP contribution in [0.4, 0.5) is 5.69 Å². The van der Waals surface area contributed by atoms with E-state index in [-0.39, 0.29) is 29.9 Å². The molecule has 0 aromatic heterocycles. The van der Waals surface area contributed by atoms with Crippen LogP contribution in [0.3, 0.4) is 0 Å². The lowest BCUT2D eigenvalue weighted by Crippen LogP contribution is -2.38. The van der Waals surface area contributed by atoms with E-state index in [0.717, 1.165) is 28.5 Å². The van der Waals surface area contributed by atoms with Crippen molar-refractivity contribution < 1.29 is 9.53 Å². The monoisotopic (exact) mass is 482 g/mol. The number of halogens is 1. The highest BCUT2D eigenvalue weighted by atomic mass is 127. The summed E-state index contributed by atoms with van der Waals surface area (Å²) in [7, 11) is 5.41. The molecular weight excluding hydrogens is 455 g/mol. The third kappa shape index (κ3) is 7.09. The smallest absolute Gasteiger partial charge is 0.221 e. The van der Waals surface area contributed by atoms with Gasteiger partial charge in [-0.1, -0.05) is 30.3 Å². The van der Waals surface area contributed by atoms with Crippen LogP contribution in [0.25, 0.3) is 0 Å². The van der Waals surface area contributed by atoms with Gasteiger partial charge in [-0.15, -0.1) is 24.0 Å². The highest BCUT2D eigenvalue weighted by molar-refractivity contribution is 14.0. The molecule has 0 fully saturated rings. The summed E-state index contributed by atoms with van der Waals surface area (Å²) in [4.78, 5) is 17.6. The Kier molecular flexibility index (Phi) is 9.63. The molecule has 27 heavy (non-hydrogen) atoms. The molecule has 7 heteroatoms. The number of hydrogen-bond acceptors (Lipinski definition) is 3. The third-order valence-corrected chi connectivity index (χ3v) is 3.87. The van der Waals surface area contributed by atoms with E-state index in [1.807, 2.05) is 60.5 Å². The van der Waals surface area contributed by atoms with Crippen LogP contribution >= 0.6 is 24.0 Å². The number of hydrogen-bond donors (Lipinski definition) is 2. The summed E-state index contributed by atoms with van der Waals surface area (Å²) < 4.78 is 5.41. The quantitative estimate of drug-likeness (QED) is 0.376. The van der Waals surface area contributed by atoms with Crippen LogP contribution in [0.15, 0.2) is 53.5 Å². The van der Waals surface area contributed by atoms with E-state index < -0.39 is 0 Å². The van der Waals surface area contributed by atoms with Crippen molar-refractivity contribution >= 4 is 41.5 Å². The minimum atomic E-state index is -0.0811. The molecule has 0 spiro atoms. The highest BCUT2D eigenvalue weighted by Gasteiger charge is 2.10. The fraction of sp³-hybridized carbons (Fsp3) is 0.300. The number of carbonyl (C=O) groups is 1. The van der Waals surface area contributed by atoms with Crippen LogP contribution in [0.1, 0.15) is 18.1 Å². The van der Waals surface area contributed by atoms with Crippen molar-refractivity contribution in [3.63, 3.8) is 0 Å². The predicted molar refractivity (Wildman–Crippen MR) is 121 cm³/mol. The van der Waals surface area contributed by atoms with Crippen molar-refractivity contribution in [2.45, 2.75) is 20.0 Å². The van der Waals surface area contributed by atoms with Gasteiger partial charge in [-0.05, 0) is 23.8 Å².